The molecule has 3 N–H and O–H groups in total. The van der Waals surface area contributed by atoms with Crippen LogP contribution in [0.2, 0.25) is 0 Å². The molecule has 0 bridgehead atoms. The number of aromatic carboxylic acids is 1. The lowest BCUT2D eigenvalue weighted by Gasteiger charge is -1.99. The number of nitrogens with zero attached hydrogens (tertiary/aromatic N) is 4. The van der Waals surface area contributed by atoms with Gasteiger partial charge < -0.3 is 15.4 Å². The maximum atomic E-state index is 11.2. The molecule has 9 heteroatoms. The van der Waals surface area contributed by atoms with Gasteiger partial charge in [0.25, 0.3) is 0 Å². The van der Waals surface area contributed by atoms with Crippen LogP contribution in [-0.2, 0) is 7.05 Å². The van der Waals surface area contributed by atoms with Gasteiger partial charge in [-0.1, -0.05) is 0 Å². The average Bonchev–Trinajstić information content (AvgIpc) is 3.14. The Labute approximate surface area is 141 Å². The quantitative estimate of drug-likeness (QED) is 0.491. The van der Waals surface area contributed by atoms with E-state index in [1.807, 2.05) is 16.7 Å². The number of pyridine rings is 1. The summed E-state index contributed by atoms with van der Waals surface area (Å²) in [5, 5.41) is 14.0. The smallest absolute Gasteiger partial charge is 0.337 e. The van der Waals surface area contributed by atoms with E-state index in [0.717, 1.165) is 11.3 Å². The number of carbonyl (C=O) groups is 1. The highest BCUT2D eigenvalue weighted by atomic mass is 127. The van der Waals surface area contributed by atoms with Crippen molar-refractivity contribution in [3.05, 3.63) is 36.3 Å². The third kappa shape index (κ3) is 3.13. The Morgan fingerprint density at radius 1 is 1.36 bits per heavy atom. The molecule has 0 spiro atoms. The van der Waals surface area contributed by atoms with Crippen molar-refractivity contribution < 1.29 is 9.90 Å². The number of fused-ring (bicyclic) bond motifs is 1. The first-order valence-corrected chi connectivity index (χ1v) is 10.3. The highest BCUT2D eigenvalue weighted by Gasteiger charge is 2.14. The van der Waals surface area contributed by atoms with Crippen LogP contribution in [0.3, 0.4) is 0 Å². The number of aryl methyl sites for hydroxylation is 1. The maximum absolute atomic E-state index is 11.2. The number of hydrogen-bond donors (Lipinski definition) is 2. The van der Waals surface area contributed by atoms with Gasteiger partial charge in [0.1, 0.15) is 5.65 Å². The predicted molar refractivity (Wildman–Crippen MR) is 96.7 cm³/mol. The van der Waals surface area contributed by atoms with E-state index < -0.39 is 5.97 Å². The molecule has 0 saturated carbocycles. The first kappa shape index (κ1) is 16.9. The molecule has 22 heavy (non-hydrogen) atoms. The fraction of sp³-hybridized carbons (Fsp3) is 0.154. The summed E-state index contributed by atoms with van der Waals surface area (Å²) in [7, 11) is 3.29. The molecule has 7 nitrogen and oxygen atoms in total. The number of carboxylic acid groups (broad SMARTS) is 1. The number of rotatable bonds is 3. The summed E-state index contributed by atoms with van der Waals surface area (Å²) in [5.41, 5.74) is 7.14. The molecule has 0 amide bonds. The highest BCUT2D eigenvalue weighted by Crippen LogP contribution is 2.27. The van der Waals surface area contributed by atoms with Gasteiger partial charge in [-0.25, -0.2) is 14.2 Å². The Balaban J connectivity index is 0.000000847. The second-order valence-corrected chi connectivity index (χ2v) is 6.36. The van der Waals surface area contributed by atoms with Gasteiger partial charge in [0.15, 0.2) is 0 Å². The van der Waals surface area contributed by atoms with Crippen LogP contribution in [0.4, 0.5) is 0 Å². The average molecular weight is 431 g/mol. The van der Waals surface area contributed by atoms with E-state index in [2.05, 4.69) is 37.9 Å². The van der Waals surface area contributed by atoms with Gasteiger partial charge in [0, 0.05) is 30.4 Å². The van der Waals surface area contributed by atoms with Crippen molar-refractivity contribution in [2.75, 3.05) is 7.05 Å². The lowest BCUT2D eigenvalue weighted by atomic mass is 10.2. The molecule has 3 aromatic heterocycles. The van der Waals surface area contributed by atoms with Gasteiger partial charge in [0.2, 0.25) is 0 Å². The molecule has 1 atom stereocenters. The molecule has 3 heterocycles. The summed E-state index contributed by atoms with van der Waals surface area (Å²) < 4.78 is 3.57. The Hall–Kier alpha value is -1.51. The monoisotopic (exact) mass is 431 g/mol. The van der Waals surface area contributed by atoms with Crippen molar-refractivity contribution in [1.29, 1.82) is 0 Å². The van der Waals surface area contributed by atoms with Crippen molar-refractivity contribution >= 4 is 45.4 Å². The van der Waals surface area contributed by atoms with Gasteiger partial charge in [-0.05, 0) is 41.2 Å². The SMILES string of the molecule is CN.Cn1cc(C(=O)O)c2ccc(-c3cnn(PI)c3)nc21. The predicted octanol–water partition coefficient (Wildman–Crippen LogP) is 2.50. The van der Waals surface area contributed by atoms with E-state index in [1.54, 1.807) is 30.1 Å². The second-order valence-electron chi connectivity index (χ2n) is 4.28. The molecule has 0 aromatic carbocycles. The fourth-order valence-corrected chi connectivity index (χ4v) is 3.17. The van der Waals surface area contributed by atoms with Gasteiger partial charge in [0.05, 0.1) is 23.8 Å². The summed E-state index contributed by atoms with van der Waals surface area (Å²) >= 11 is 2.25. The van der Waals surface area contributed by atoms with E-state index in [1.165, 1.54) is 7.05 Å². The summed E-state index contributed by atoms with van der Waals surface area (Å²) in [5.74, 6) is -0.941. The lowest BCUT2D eigenvalue weighted by molar-refractivity contribution is 0.0699. The molecule has 0 aliphatic heterocycles. The molecule has 1 unspecified atom stereocenters. The zero-order valence-electron chi connectivity index (χ0n) is 12.0. The van der Waals surface area contributed by atoms with Crippen molar-refractivity contribution in [3.8, 4) is 11.3 Å². The molecular formula is C13H15IN5O2P. The number of carboxylic acids is 1. The van der Waals surface area contributed by atoms with Crippen LogP contribution in [0.25, 0.3) is 22.3 Å². The Morgan fingerprint density at radius 3 is 2.68 bits per heavy atom. The lowest BCUT2D eigenvalue weighted by Crippen LogP contribution is -1.93. The van der Waals surface area contributed by atoms with Crippen molar-refractivity contribution in [2.45, 2.75) is 0 Å². The minimum absolute atomic E-state index is 0.269. The van der Waals surface area contributed by atoms with Crippen molar-refractivity contribution in [3.63, 3.8) is 0 Å². The van der Waals surface area contributed by atoms with E-state index in [0.29, 0.717) is 17.4 Å². The number of halogens is 1. The maximum Gasteiger partial charge on any atom is 0.337 e. The second kappa shape index (κ2) is 7.17. The minimum Gasteiger partial charge on any atom is -0.478 e. The Kier molecular flexibility index (Phi) is 5.49. The number of nitrogens with two attached hydrogens (primary N) is 1. The van der Waals surface area contributed by atoms with E-state index >= 15 is 0 Å². The third-order valence-corrected chi connectivity index (χ3v) is 4.92. The summed E-state index contributed by atoms with van der Waals surface area (Å²) in [4.78, 5) is 15.7. The van der Waals surface area contributed by atoms with E-state index in [4.69, 9.17) is 5.11 Å². The molecule has 0 radical (unpaired) electrons. The van der Waals surface area contributed by atoms with Crippen LogP contribution < -0.4 is 5.73 Å². The zero-order valence-corrected chi connectivity index (χ0v) is 15.1. The Morgan fingerprint density at radius 2 is 2.09 bits per heavy atom. The first-order chi connectivity index (χ1) is 10.6. The minimum atomic E-state index is -0.941. The van der Waals surface area contributed by atoms with Crippen LogP contribution in [-0.4, -0.2) is 37.2 Å². The van der Waals surface area contributed by atoms with Crippen LogP contribution in [0, 0.1) is 0 Å². The number of aromatic nitrogens is 4. The van der Waals surface area contributed by atoms with E-state index in [-0.39, 0.29) is 5.56 Å². The van der Waals surface area contributed by atoms with Crippen LogP contribution in [0.15, 0.2) is 30.7 Å². The molecule has 3 aromatic rings. The largest absolute Gasteiger partial charge is 0.478 e. The molecule has 0 saturated heterocycles. The van der Waals surface area contributed by atoms with Gasteiger partial charge in [-0.2, -0.15) is 5.10 Å². The van der Waals surface area contributed by atoms with Gasteiger partial charge in [-0.15, -0.1) is 0 Å². The standard InChI is InChI=1S/C12H10IN4O2P.CH5N/c1-16-6-9(12(18)19)8-2-3-10(15-11(8)16)7-4-14-17(5-7)20-13;1-2/h2-6,20H,1H3,(H,18,19);2H2,1H3. The third-order valence-electron chi connectivity index (χ3n) is 3.02. The van der Waals surface area contributed by atoms with Crippen molar-refractivity contribution in [2.24, 2.45) is 12.8 Å². The zero-order chi connectivity index (χ0) is 16.3. The highest BCUT2D eigenvalue weighted by molar-refractivity contribution is 14.2. The Bertz CT molecular complexity index is 814. The molecule has 0 fully saturated rings. The van der Waals surface area contributed by atoms with Gasteiger partial charge in [-0.3, -0.25) is 0 Å². The van der Waals surface area contributed by atoms with Gasteiger partial charge >= 0.3 is 5.97 Å². The van der Waals surface area contributed by atoms with Crippen LogP contribution in [0.5, 0.6) is 0 Å². The molecule has 0 aliphatic rings. The normalized spacial score (nSPS) is 10.9. The molecule has 0 aliphatic carbocycles. The van der Waals surface area contributed by atoms with Crippen LogP contribution >= 0.6 is 28.4 Å². The summed E-state index contributed by atoms with van der Waals surface area (Å²) in [6.07, 6.45) is 5.82. The number of hydrogen-bond acceptors (Lipinski definition) is 4. The van der Waals surface area contributed by atoms with Crippen LogP contribution in [0.1, 0.15) is 10.4 Å². The fourth-order valence-electron chi connectivity index (χ4n) is 2.08. The topological polar surface area (TPSA) is 99.0 Å². The molecule has 116 valence electrons. The molecular weight excluding hydrogens is 416 g/mol. The summed E-state index contributed by atoms with van der Waals surface area (Å²) in [6.45, 7) is 0. The molecule has 3 rings (SSSR count). The van der Waals surface area contributed by atoms with Crippen molar-refractivity contribution in [1.82, 2.24) is 19.1 Å². The summed E-state index contributed by atoms with van der Waals surface area (Å²) in [6, 6.07) is 3.62. The first-order valence-electron chi connectivity index (χ1n) is 6.29. The van der Waals surface area contributed by atoms with E-state index in [9.17, 15) is 4.79 Å².